The van der Waals surface area contributed by atoms with E-state index in [4.69, 9.17) is 14.5 Å². The summed E-state index contributed by atoms with van der Waals surface area (Å²) in [5.74, 6) is 2.89. The summed E-state index contributed by atoms with van der Waals surface area (Å²) < 4.78 is 10.8. The molecule has 1 aromatic carbocycles. The summed E-state index contributed by atoms with van der Waals surface area (Å²) in [7, 11) is 0. The number of aliphatic hydroxyl groups is 6. The molecule has 0 amide bonds. The number of ether oxygens (including phenoxy) is 2. The fraction of sp³-hybridized carbons (Fsp3) is 0.658. The molecule has 9 nitrogen and oxygen atoms in total. The van der Waals surface area contributed by atoms with E-state index in [0.29, 0.717) is 36.2 Å². The minimum Gasteiger partial charge on any atom is -0.504 e. The van der Waals surface area contributed by atoms with Crippen LogP contribution in [0.2, 0.25) is 0 Å². The Morgan fingerprint density at radius 2 is 2.02 bits per heavy atom. The van der Waals surface area contributed by atoms with Gasteiger partial charge >= 0.3 is 0 Å². The maximum Gasteiger partial charge on any atom is 0.208 e. The lowest BCUT2D eigenvalue weighted by atomic mass is 9.71. The fourth-order valence-electron chi connectivity index (χ4n) is 8.08. The van der Waals surface area contributed by atoms with Gasteiger partial charge in [0.05, 0.1) is 18.1 Å². The topological polar surface area (TPSA) is 148 Å². The Bertz CT molecular complexity index is 1250. The molecule has 0 saturated heterocycles. The van der Waals surface area contributed by atoms with Crippen LogP contribution in [0.3, 0.4) is 0 Å². The number of aliphatic imine (C=N–C) groups is 1. The molecule has 1 unspecified atom stereocenters. The number of phenolic OH excluding ortho intramolecular Hbond substituents is 1. The zero-order chi connectivity index (χ0) is 33.3. The molecule has 0 aromatic heterocycles. The number of aryl methyl sites for hydroxylation is 1. The number of benzene rings is 1. The first kappa shape index (κ1) is 35.8. The Morgan fingerprint density at radius 3 is 2.79 bits per heavy atom. The van der Waals surface area contributed by atoms with Crippen LogP contribution in [-0.2, 0) is 6.42 Å². The molecule has 0 bridgehead atoms. The Kier molecular flexibility index (Phi) is 13.1. The molecule has 7 N–H and O–H groups in total. The molecule has 0 spiro atoms. The third-order valence-electron chi connectivity index (χ3n) is 10.5. The molecule has 2 saturated carbocycles. The van der Waals surface area contributed by atoms with Crippen molar-refractivity contribution in [3.05, 3.63) is 59.2 Å². The van der Waals surface area contributed by atoms with Gasteiger partial charge in [-0.15, -0.1) is 16.6 Å². The third kappa shape index (κ3) is 9.13. The number of phenols is 1. The van der Waals surface area contributed by atoms with E-state index in [1.54, 1.807) is 13.0 Å². The second kappa shape index (κ2) is 17.2. The highest BCUT2D eigenvalue weighted by molar-refractivity contribution is 6.03. The Hall–Kier alpha value is -2.53. The lowest BCUT2D eigenvalue weighted by molar-refractivity contribution is -0.0550. The maximum atomic E-state index is 11.3. The zero-order valence-electron chi connectivity index (χ0n) is 28.3. The summed E-state index contributed by atoms with van der Waals surface area (Å²) in [6.45, 7) is 4.57. The summed E-state index contributed by atoms with van der Waals surface area (Å²) in [5.41, 5.74) is 3.62. The monoisotopic (exact) mass is 653 g/mol. The minimum atomic E-state index is -0.957. The summed E-state index contributed by atoms with van der Waals surface area (Å²) in [6.07, 6.45) is 15.4. The molecule has 7 atom stereocenters. The van der Waals surface area contributed by atoms with E-state index >= 15 is 0 Å². The number of aromatic hydroxyl groups is 1. The van der Waals surface area contributed by atoms with E-state index in [9.17, 15) is 25.5 Å². The van der Waals surface area contributed by atoms with Gasteiger partial charge < -0.3 is 40.3 Å². The minimum absolute atomic E-state index is 0.0238. The summed E-state index contributed by atoms with van der Waals surface area (Å²) in [4.78, 5) is 4.95. The standard InChI is InChI=1S/C38H56N2O7/c1-3-4-10-36-27(22-42)19-28(47-36)14-11-25-12-16-34(44)37(18-25)46-23-35(45)33-20-30-31(40-33)15-13-26-7-5-8-29(26)38(30)32(9-6-17-41)39-21-24(2)43/h12,16,18-20,24,26,29,32,35-36,38-39,41-43,45,47H,3-11,13-15,17,21-23H2,1-2H3/p+1/t24-,26+,29-,32-,35-,36?,38-/m0/s1. The number of aliphatic hydroxyl groups excluding tert-OH is 4. The zero-order valence-corrected chi connectivity index (χ0v) is 28.3. The first-order valence-electron chi connectivity index (χ1n) is 18.0. The molecule has 4 aliphatic rings. The second-order valence-electron chi connectivity index (χ2n) is 14.0. The van der Waals surface area contributed by atoms with Crippen LogP contribution in [0.4, 0.5) is 0 Å². The Balaban J connectivity index is 1.23. The van der Waals surface area contributed by atoms with Crippen molar-refractivity contribution in [3.8, 4) is 11.5 Å². The molecule has 2 aliphatic carbocycles. The van der Waals surface area contributed by atoms with Crippen molar-refractivity contribution in [3.63, 3.8) is 0 Å². The molecular weight excluding hydrogens is 596 g/mol. The van der Waals surface area contributed by atoms with Gasteiger partial charge in [0.2, 0.25) is 5.70 Å². The normalized spacial score (nSPS) is 25.9. The summed E-state index contributed by atoms with van der Waals surface area (Å²) in [5, 5.41) is 54.9. The molecule has 1 aromatic rings. The Labute approximate surface area is 280 Å². The SMILES string of the molecule is CCCCC1[OH+][C-](CCc2ccc(O)c(OC[C@H](O)C3=C[C+]4C(=N3)CC[C@H]3CCC[C@@H]3[C@@H]4[C@H](CCCO)NC[C@H](C)O)c2)C=C1CO. The molecule has 0 radical (unpaired) electrons. The molecular formula is C38H57N2O7+. The van der Waals surface area contributed by atoms with Gasteiger partial charge in [-0.25, -0.2) is 0 Å². The average molecular weight is 654 g/mol. The second-order valence-corrected chi connectivity index (χ2v) is 14.0. The number of fused-ring (bicyclic) bond motifs is 2. The van der Waals surface area contributed by atoms with Crippen LogP contribution in [0.5, 0.6) is 11.5 Å². The van der Waals surface area contributed by atoms with Crippen molar-refractivity contribution in [2.24, 2.45) is 22.7 Å². The van der Waals surface area contributed by atoms with E-state index in [2.05, 4.69) is 18.3 Å². The smallest absolute Gasteiger partial charge is 0.208 e. The van der Waals surface area contributed by atoms with Gasteiger partial charge in [0.15, 0.2) is 17.6 Å². The molecule has 47 heavy (non-hydrogen) atoms. The van der Waals surface area contributed by atoms with Crippen LogP contribution in [0, 0.1) is 29.8 Å². The highest BCUT2D eigenvalue weighted by atomic mass is 16.5. The highest BCUT2D eigenvalue weighted by Gasteiger charge is 2.52. The first-order chi connectivity index (χ1) is 22.8. The van der Waals surface area contributed by atoms with Crippen molar-refractivity contribution in [2.75, 3.05) is 26.4 Å². The lowest BCUT2D eigenvalue weighted by Gasteiger charge is -2.33. The molecule has 2 heterocycles. The van der Waals surface area contributed by atoms with E-state index < -0.39 is 12.2 Å². The van der Waals surface area contributed by atoms with Gasteiger partial charge in [-0.2, -0.15) is 0 Å². The number of unbranched alkanes of at least 4 members (excludes halogenated alkanes) is 1. The average Bonchev–Trinajstić information content (AvgIpc) is 3.79. The van der Waals surface area contributed by atoms with Crippen molar-refractivity contribution < 1.29 is 35.0 Å². The van der Waals surface area contributed by atoms with Gasteiger partial charge in [0.25, 0.3) is 0 Å². The van der Waals surface area contributed by atoms with Crippen LogP contribution < -0.4 is 10.1 Å². The molecule has 2 fully saturated rings. The molecule has 5 rings (SSSR count). The number of allylic oxidation sites excluding steroid dienone is 1. The van der Waals surface area contributed by atoms with Crippen LogP contribution in [-0.4, -0.2) is 86.7 Å². The van der Waals surface area contributed by atoms with Gasteiger partial charge in [0, 0.05) is 38.6 Å². The molecule has 9 heteroatoms. The van der Waals surface area contributed by atoms with Crippen molar-refractivity contribution in [1.82, 2.24) is 5.32 Å². The maximum absolute atomic E-state index is 11.3. The number of hydrogen-bond acceptors (Lipinski definition) is 8. The van der Waals surface area contributed by atoms with E-state index in [1.807, 2.05) is 18.2 Å². The van der Waals surface area contributed by atoms with E-state index in [1.165, 1.54) is 18.8 Å². The van der Waals surface area contributed by atoms with Crippen LogP contribution in [0.15, 0.2) is 46.6 Å². The van der Waals surface area contributed by atoms with Crippen molar-refractivity contribution in [1.29, 1.82) is 0 Å². The van der Waals surface area contributed by atoms with Crippen molar-refractivity contribution >= 4 is 5.71 Å². The number of hydrogen-bond donors (Lipinski definition) is 6. The number of nitrogens with one attached hydrogen (secondary N) is 1. The van der Waals surface area contributed by atoms with Crippen LogP contribution in [0.1, 0.15) is 90.0 Å². The predicted octanol–water partition coefficient (Wildman–Crippen LogP) is 4.47. The number of nitrogens with zero attached hydrogens (tertiary/aromatic N) is 1. The highest BCUT2D eigenvalue weighted by Crippen LogP contribution is 2.50. The van der Waals surface area contributed by atoms with E-state index in [0.717, 1.165) is 80.7 Å². The summed E-state index contributed by atoms with van der Waals surface area (Å²) in [6, 6.07) is 5.44. The third-order valence-corrected chi connectivity index (χ3v) is 10.5. The largest absolute Gasteiger partial charge is 0.504 e. The quantitative estimate of drug-likeness (QED) is 0.101. The van der Waals surface area contributed by atoms with Crippen LogP contribution >= 0.6 is 0 Å². The fourth-order valence-corrected chi connectivity index (χ4v) is 8.08. The Morgan fingerprint density at radius 1 is 1.17 bits per heavy atom. The van der Waals surface area contributed by atoms with Gasteiger partial charge in [-0.05, 0) is 81.4 Å². The van der Waals surface area contributed by atoms with Crippen LogP contribution in [0.25, 0.3) is 0 Å². The molecule has 260 valence electrons. The lowest BCUT2D eigenvalue weighted by Crippen LogP contribution is -2.46. The van der Waals surface area contributed by atoms with E-state index in [-0.39, 0.29) is 43.6 Å². The van der Waals surface area contributed by atoms with Gasteiger partial charge in [-0.1, -0.05) is 32.3 Å². The van der Waals surface area contributed by atoms with Gasteiger partial charge in [-0.3, -0.25) is 0 Å². The number of rotatable bonds is 18. The predicted molar refractivity (Wildman–Crippen MR) is 184 cm³/mol. The molecule has 2 aliphatic heterocycles. The first-order valence-corrected chi connectivity index (χ1v) is 18.0. The van der Waals surface area contributed by atoms with Gasteiger partial charge in [0.1, 0.15) is 30.4 Å². The van der Waals surface area contributed by atoms with Crippen molar-refractivity contribution in [2.45, 2.75) is 115 Å². The summed E-state index contributed by atoms with van der Waals surface area (Å²) >= 11 is 0.